The monoisotopic (exact) mass is 697 g/mol. The van der Waals surface area contributed by atoms with Crippen molar-refractivity contribution >= 4 is 27.1 Å². The van der Waals surface area contributed by atoms with Crippen molar-refractivity contribution in [3.8, 4) is 22.5 Å². The molecule has 2 heterocycles. The number of allylic oxidation sites excluding steroid dienone is 1. The van der Waals surface area contributed by atoms with Crippen LogP contribution in [-0.2, 0) is 25.5 Å². The molecule has 0 fully saturated rings. The zero-order valence-corrected chi connectivity index (χ0v) is 25.7. The smallest absolute Gasteiger partial charge is 0.0167 e. The average Bonchev–Trinajstić information content (AvgIpc) is 2.96. The average molecular weight is 697 g/mol. The number of aromatic nitrogens is 2. The van der Waals surface area contributed by atoms with Gasteiger partial charge in [-0.15, -0.1) is 77.4 Å². The van der Waals surface area contributed by atoms with E-state index in [9.17, 15) is 0 Å². The first-order valence-electron chi connectivity index (χ1n) is 13.2. The molecule has 0 bridgehead atoms. The minimum Gasteiger partial charge on any atom is -0.304 e. The summed E-state index contributed by atoms with van der Waals surface area (Å²) >= 11 is 0. The summed E-state index contributed by atoms with van der Waals surface area (Å²) in [5, 5.41) is 4.75. The van der Waals surface area contributed by atoms with Gasteiger partial charge in [0.15, 0.2) is 0 Å². The summed E-state index contributed by atoms with van der Waals surface area (Å²) < 4.78 is 0. The molecule has 0 saturated heterocycles. The topological polar surface area (TPSA) is 25.8 Å². The Morgan fingerprint density at radius 3 is 1.57 bits per heavy atom. The second kappa shape index (κ2) is 12.5. The van der Waals surface area contributed by atoms with Gasteiger partial charge in [0.25, 0.3) is 0 Å². The summed E-state index contributed by atoms with van der Waals surface area (Å²) in [7, 11) is 0. The molecule has 0 spiro atoms. The van der Waals surface area contributed by atoms with E-state index in [1.807, 2.05) is 49.6 Å². The third-order valence-corrected chi connectivity index (χ3v) is 6.84. The Hall–Kier alpha value is -3.91. The Kier molecular flexibility index (Phi) is 9.10. The summed E-state index contributed by atoms with van der Waals surface area (Å²) in [5.41, 5.74) is 7.66. The van der Waals surface area contributed by atoms with Crippen molar-refractivity contribution in [3.63, 3.8) is 0 Å². The molecule has 0 amide bonds. The van der Waals surface area contributed by atoms with E-state index in [0.717, 1.165) is 39.0 Å². The first-order valence-corrected chi connectivity index (χ1v) is 13.2. The molecule has 0 aliphatic rings. The van der Waals surface area contributed by atoms with Crippen molar-refractivity contribution in [2.75, 3.05) is 0 Å². The van der Waals surface area contributed by atoms with Gasteiger partial charge >= 0.3 is 0 Å². The summed E-state index contributed by atoms with van der Waals surface area (Å²) in [4.78, 5) is 9.04. The van der Waals surface area contributed by atoms with Gasteiger partial charge < -0.3 is 9.97 Å². The molecule has 2 aromatic heterocycles. The third kappa shape index (κ3) is 6.45. The summed E-state index contributed by atoms with van der Waals surface area (Å²) in [5.74, 6) is 0. The van der Waals surface area contributed by atoms with Crippen molar-refractivity contribution < 1.29 is 20.1 Å². The molecule has 0 saturated carbocycles. The van der Waals surface area contributed by atoms with Crippen LogP contribution in [0.25, 0.3) is 49.6 Å². The molecular formula is C37H32IrN2-2. The van der Waals surface area contributed by atoms with E-state index in [4.69, 9.17) is 0 Å². The molecule has 1 radical (unpaired) electrons. The molecule has 3 heteroatoms. The third-order valence-electron chi connectivity index (χ3n) is 6.84. The van der Waals surface area contributed by atoms with Gasteiger partial charge in [-0.25, -0.2) is 0 Å². The molecule has 201 valence electrons. The molecule has 0 unspecified atom stereocenters. The molecule has 0 aliphatic carbocycles. The van der Waals surface area contributed by atoms with Crippen LogP contribution in [0.5, 0.6) is 0 Å². The van der Waals surface area contributed by atoms with E-state index in [0.29, 0.717) is 0 Å². The van der Waals surface area contributed by atoms with E-state index in [2.05, 4.69) is 116 Å². The van der Waals surface area contributed by atoms with Gasteiger partial charge in [0, 0.05) is 32.5 Å². The largest absolute Gasteiger partial charge is 0.304 e. The zero-order chi connectivity index (χ0) is 27.4. The first kappa shape index (κ1) is 29.1. The molecule has 6 rings (SSSR count). The maximum Gasteiger partial charge on any atom is 0.0167 e. The number of fused-ring (bicyclic) bond motifs is 2. The Balaban J connectivity index is 0.000000181. The van der Waals surface area contributed by atoms with Crippen molar-refractivity contribution in [2.24, 2.45) is 0 Å². The molecule has 6 aromatic rings. The van der Waals surface area contributed by atoms with Gasteiger partial charge in [0.2, 0.25) is 0 Å². The van der Waals surface area contributed by atoms with Gasteiger partial charge in [-0.05, 0) is 57.4 Å². The van der Waals surface area contributed by atoms with Gasteiger partial charge in [0.05, 0.1) is 0 Å². The fourth-order valence-corrected chi connectivity index (χ4v) is 4.54. The van der Waals surface area contributed by atoms with Crippen molar-refractivity contribution in [3.05, 3.63) is 139 Å². The van der Waals surface area contributed by atoms with E-state index < -0.39 is 0 Å². The molecule has 0 aliphatic heterocycles. The van der Waals surface area contributed by atoms with Crippen LogP contribution in [0.2, 0.25) is 0 Å². The van der Waals surface area contributed by atoms with Gasteiger partial charge in [-0.2, -0.15) is 0 Å². The number of benzene rings is 4. The summed E-state index contributed by atoms with van der Waals surface area (Å²) in [6.07, 6.45) is 3.71. The molecule has 40 heavy (non-hydrogen) atoms. The van der Waals surface area contributed by atoms with E-state index in [-0.39, 0.29) is 25.5 Å². The standard InChI is InChI=1S/C19H18N.C18H14N.Ir/c1-19(2,3)16-10-8-15(9-11-16)18-17-7-5-4-6-14(17)12-13-20-18;1-13(2)14-7-9-16(10-8-14)18-17-6-4-3-5-15(17)11-12-19-18;/h4-8,10-13H,1-3H3;3-9,11-12H,1H2,2H3;/q2*-1;. The Morgan fingerprint density at radius 1 is 0.650 bits per heavy atom. The van der Waals surface area contributed by atoms with Crippen LogP contribution in [0.4, 0.5) is 0 Å². The van der Waals surface area contributed by atoms with E-state index in [1.54, 1.807) is 0 Å². The second-order valence-electron chi connectivity index (χ2n) is 10.8. The minimum absolute atomic E-state index is 0. The van der Waals surface area contributed by atoms with Crippen molar-refractivity contribution in [1.82, 2.24) is 9.97 Å². The molecule has 0 atom stereocenters. The van der Waals surface area contributed by atoms with Crippen LogP contribution in [0.15, 0.2) is 116 Å². The number of pyridine rings is 2. The van der Waals surface area contributed by atoms with Crippen LogP contribution < -0.4 is 0 Å². The zero-order valence-electron chi connectivity index (χ0n) is 23.3. The Bertz CT molecular complexity index is 1730. The number of hydrogen-bond acceptors (Lipinski definition) is 2. The van der Waals surface area contributed by atoms with Gasteiger partial charge in [-0.3, -0.25) is 0 Å². The van der Waals surface area contributed by atoms with E-state index >= 15 is 0 Å². The normalized spacial score (nSPS) is 10.9. The first-order chi connectivity index (χ1) is 18.8. The van der Waals surface area contributed by atoms with Crippen LogP contribution in [0.3, 0.4) is 0 Å². The number of rotatable bonds is 3. The molecule has 0 N–H and O–H groups in total. The molecular weight excluding hydrogens is 665 g/mol. The van der Waals surface area contributed by atoms with Crippen LogP contribution in [0.1, 0.15) is 38.8 Å². The fourth-order valence-electron chi connectivity index (χ4n) is 4.54. The maximum absolute atomic E-state index is 4.54. The maximum atomic E-state index is 4.54. The molecule has 2 nitrogen and oxygen atoms in total. The molecule has 4 aromatic carbocycles. The SMILES string of the molecule is C=C(C)c1c[c-]c(-c2nccc3ccccc23)cc1.CC(C)(C)c1c[c-]c(-c2nccc3ccccc23)cc1.[Ir]. The summed E-state index contributed by atoms with van der Waals surface area (Å²) in [6, 6.07) is 39.8. The number of nitrogens with zero attached hydrogens (tertiary/aromatic N) is 2. The van der Waals surface area contributed by atoms with Crippen LogP contribution in [0, 0.1) is 12.1 Å². The van der Waals surface area contributed by atoms with E-state index in [1.165, 1.54) is 21.7 Å². The Labute approximate surface area is 251 Å². The van der Waals surface area contributed by atoms with Gasteiger partial charge in [0.1, 0.15) is 0 Å². The second-order valence-corrected chi connectivity index (χ2v) is 10.8. The Morgan fingerprint density at radius 2 is 1.15 bits per heavy atom. The predicted molar refractivity (Wildman–Crippen MR) is 165 cm³/mol. The summed E-state index contributed by atoms with van der Waals surface area (Å²) in [6.45, 7) is 12.6. The minimum atomic E-state index is 0. The van der Waals surface area contributed by atoms with Crippen LogP contribution >= 0.6 is 0 Å². The van der Waals surface area contributed by atoms with Crippen molar-refractivity contribution in [1.29, 1.82) is 0 Å². The fraction of sp³-hybridized carbons (Fsp3) is 0.135. The van der Waals surface area contributed by atoms with Gasteiger partial charge in [-0.1, -0.05) is 74.9 Å². The quantitative estimate of drug-likeness (QED) is 0.172. The van der Waals surface area contributed by atoms with Crippen LogP contribution in [-0.4, -0.2) is 9.97 Å². The number of hydrogen-bond donors (Lipinski definition) is 0. The van der Waals surface area contributed by atoms with Crippen molar-refractivity contribution in [2.45, 2.75) is 33.1 Å². The predicted octanol–water partition coefficient (Wildman–Crippen LogP) is 9.73.